The molecule has 0 saturated carbocycles. The minimum atomic E-state index is -0.140. The molecule has 4 nitrogen and oxygen atoms in total. The second-order valence-electron chi connectivity index (χ2n) is 6.56. The Morgan fingerprint density at radius 2 is 2.13 bits per heavy atom. The van der Waals surface area contributed by atoms with Crippen LogP contribution in [0, 0.1) is 28.6 Å². The monoisotopic (exact) mass is 331 g/mol. The zero-order valence-corrected chi connectivity index (χ0v) is 14.4. The first-order chi connectivity index (χ1) is 11.0. The van der Waals surface area contributed by atoms with Crippen molar-refractivity contribution in [1.29, 1.82) is 10.5 Å². The maximum absolute atomic E-state index is 9.34. The highest BCUT2D eigenvalue weighted by Gasteiger charge is 2.37. The Morgan fingerprint density at radius 3 is 2.78 bits per heavy atom. The molecule has 1 aliphatic rings. The van der Waals surface area contributed by atoms with E-state index in [9.17, 15) is 5.26 Å². The minimum Gasteiger partial charge on any atom is -0.370 e. The van der Waals surface area contributed by atoms with Gasteiger partial charge in [0.15, 0.2) is 0 Å². The smallest absolute Gasteiger partial charge is 0.0967 e. The standard InChI is InChI=1S/C18H22ClN3O/c1-18(2)13-23-17(15-7-3-4-8-16(15)19)12-22(18)11-14(10-21)6-5-9-20/h3-4,7-8,14,17H,5-6,11-13H2,1-2H3/t14-,17-/m0/s1. The van der Waals surface area contributed by atoms with Gasteiger partial charge < -0.3 is 4.74 Å². The number of rotatable bonds is 5. The number of morpholine rings is 1. The first kappa shape index (κ1) is 17.8. The van der Waals surface area contributed by atoms with Gasteiger partial charge in [0.1, 0.15) is 0 Å². The van der Waals surface area contributed by atoms with Gasteiger partial charge in [-0.25, -0.2) is 0 Å². The summed E-state index contributed by atoms with van der Waals surface area (Å²) in [5.41, 5.74) is 0.847. The molecule has 1 fully saturated rings. The molecule has 0 amide bonds. The van der Waals surface area contributed by atoms with Crippen molar-refractivity contribution in [3.8, 4) is 12.1 Å². The first-order valence-electron chi connectivity index (χ1n) is 7.85. The SMILES string of the molecule is CC1(C)CO[C@H](c2ccccc2Cl)CN1C[C@H](C#N)CCC#N. The van der Waals surface area contributed by atoms with Gasteiger partial charge in [0, 0.05) is 35.6 Å². The van der Waals surface area contributed by atoms with Gasteiger partial charge >= 0.3 is 0 Å². The lowest BCUT2D eigenvalue weighted by Gasteiger charge is -2.46. The van der Waals surface area contributed by atoms with E-state index >= 15 is 0 Å². The van der Waals surface area contributed by atoms with Crippen LogP contribution in [0.4, 0.5) is 0 Å². The van der Waals surface area contributed by atoms with E-state index in [-0.39, 0.29) is 17.6 Å². The van der Waals surface area contributed by atoms with Crippen molar-refractivity contribution in [2.24, 2.45) is 5.92 Å². The van der Waals surface area contributed by atoms with Crippen LogP contribution >= 0.6 is 11.6 Å². The number of hydrogen-bond donors (Lipinski definition) is 0. The molecule has 2 rings (SSSR count). The maximum atomic E-state index is 9.34. The number of hydrogen-bond acceptors (Lipinski definition) is 4. The van der Waals surface area contributed by atoms with Gasteiger partial charge in [0.05, 0.1) is 30.8 Å². The molecule has 1 heterocycles. The van der Waals surface area contributed by atoms with E-state index in [1.54, 1.807) is 0 Å². The summed E-state index contributed by atoms with van der Waals surface area (Å²) in [6, 6.07) is 12.2. The van der Waals surface area contributed by atoms with Crippen molar-refractivity contribution in [2.45, 2.75) is 38.3 Å². The van der Waals surface area contributed by atoms with Gasteiger partial charge in [0.25, 0.3) is 0 Å². The molecule has 0 unspecified atom stereocenters. The average molecular weight is 332 g/mol. The van der Waals surface area contributed by atoms with E-state index in [1.165, 1.54) is 0 Å². The molecular weight excluding hydrogens is 310 g/mol. The van der Waals surface area contributed by atoms with Gasteiger partial charge in [-0.2, -0.15) is 10.5 Å². The van der Waals surface area contributed by atoms with Crippen molar-refractivity contribution in [1.82, 2.24) is 4.90 Å². The third-order valence-electron chi connectivity index (χ3n) is 4.36. The Balaban J connectivity index is 2.12. The van der Waals surface area contributed by atoms with Crippen LogP contribution in [-0.2, 0) is 4.74 Å². The Kier molecular flexibility index (Phi) is 6.02. The van der Waals surface area contributed by atoms with Crippen molar-refractivity contribution < 1.29 is 4.74 Å². The summed E-state index contributed by atoms with van der Waals surface area (Å²) in [6.07, 6.45) is 0.931. The van der Waals surface area contributed by atoms with Gasteiger partial charge in [-0.15, -0.1) is 0 Å². The van der Waals surface area contributed by atoms with Gasteiger partial charge in [-0.05, 0) is 26.3 Å². The molecular formula is C18H22ClN3O. The quantitative estimate of drug-likeness (QED) is 0.820. The summed E-state index contributed by atoms with van der Waals surface area (Å²) in [4.78, 5) is 2.29. The molecule has 1 aromatic carbocycles. The van der Waals surface area contributed by atoms with Crippen LogP contribution in [0.2, 0.25) is 5.02 Å². The van der Waals surface area contributed by atoms with E-state index in [2.05, 4.69) is 30.9 Å². The number of nitrogens with zero attached hydrogens (tertiary/aromatic N) is 3. The molecule has 0 N–H and O–H groups in total. The van der Waals surface area contributed by atoms with Crippen molar-refractivity contribution >= 4 is 11.6 Å². The van der Waals surface area contributed by atoms with E-state index in [0.717, 1.165) is 5.56 Å². The molecule has 1 saturated heterocycles. The molecule has 0 aromatic heterocycles. The zero-order valence-electron chi connectivity index (χ0n) is 13.6. The fourth-order valence-corrected chi connectivity index (χ4v) is 3.10. The summed E-state index contributed by atoms with van der Waals surface area (Å²) >= 11 is 6.29. The predicted molar refractivity (Wildman–Crippen MR) is 89.7 cm³/mol. The highest BCUT2D eigenvalue weighted by molar-refractivity contribution is 6.31. The molecule has 23 heavy (non-hydrogen) atoms. The van der Waals surface area contributed by atoms with Crippen molar-refractivity contribution in [2.75, 3.05) is 19.7 Å². The van der Waals surface area contributed by atoms with Crippen LogP contribution in [-0.4, -0.2) is 30.1 Å². The Morgan fingerprint density at radius 1 is 1.39 bits per heavy atom. The van der Waals surface area contributed by atoms with Crippen molar-refractivity contribution in [3.05, 3.63) is 34.9 Å². The van der Waals surface area contributed by atoms with E-state index < -0.39 is 0 Å². The van der Waals surface area contributed by atoms with Gasteiger partial charge in [0.2, 0.25) is 0 Å². The lowest BCUT2D eigenvalue weighted by atomic mass is 9.95. The number of halogens is 1. The second kappa shape index (κ2) is 7.79. The normalized spacial score (nSPS) is 22.0. The molecule has 5 heteroatoms. The van der Waals surface area contributed by atoms with Gasteiger partial charge in [-0.1, -0.05) is 29.8 Å². The fraction of sp³-hybridized carbons (Fsp3) is 0.556. The lowest BCUT2D eigenvalue weighted by Crippen LogP contribution is -2.55. The Labute approximate surface area is 143 Å². The van der Waals surface area contributed by atoms with Crippen LogP contribution in [0.25, 0.3) is 0 Å². The van der Waals surface area contributed by atoms with Crippen LogP contribution in [0.5, 0.6) is 0 Å². The first-order valence-corrected chi connectivity index (χ1v) is 8.23. The fourth-order valence-electron chi connectivity index (χ4n) is 2.84. The zero-order chi connectivity index (χ0) is 16.9. The molecule has 0 radical (unpaired) electrons. The van der Waals surface area contributed by atoms with Crippen LogP contribution in [0.3, 0.4) is 0 Å². The summed E-state index contributed by atoms with van der Waals surface area (Å²) < 4.78 is 6.03. The molecule has 122 valence electrons. The minimum absolute atomic E-state index is 0.0907. The summed E-state index contributed by atoms with van der Waals surface area (Å²) in [5, 5.41) is 18.8. The number of nitriles is 2. The van der Waals surface area contributed by atoms with Gasteiger partial charge in [-0.3, -0.25) is 4.90 Å². The molecule has 1 aliphatic heterocycles. The van der Waals surface area contributed by atoms with E-state index in [1.807, 2.05) is 24.3 Å². The summed E-state index contributed by atoms with van der Waals surface area (Å²) in [5.74, 6) is -0.140. The van der Waals surface area contributed by atoms with E-state index in [4.69, 9.17) is 21.6 Å². The predicted octanol–water partition coefficient (Wildman–Crippen LogP) is 3.94. The molecule has 0 bridgehead atoms. The highest BCUT2D eigenvalue weighted by Crippen LogP contribution is 2.34. The highest BCUT2D eigenvalue weighted by atomic mass is 35.5. The van der Waals surface area contributed by atoms with E-state index in [0.29, 0.717) is 37.6 Å². The second-order valence-corrected chi connectivity index (χ2v) is 6.97. The average Bonchev–Trinajstić information content (AvgIpc) is 2.53. The Bertz CT molecular complexity index is 617. The Hall–Kier alpha value is -1.59. The topological polar surface area (TPSA) is 60.0 Å². The van der Waals surface area contributed by atoms with Crippen molar-refractivity contribution in [3.63, 3.8) is 0 Å². The number of ether oxygens (including phenoxy) is 1. The number of benzene rings is 1. The molecule has 2 atom stereocenters. The lowest BCUT2D eigenvalue weighted by molar-refractivity contribution is -0.103. The maximum Gasteiger partial charge on any atom is 0.0967 e. The molecule has 1 aromatic rings. The van der Waals surface area contributed by atoms with Crippen LogP contribution in [0.1, 0.15) is 38.4 Å². The summed E-state index contributed by atoms with van der Waals surface area (Å²) in [7, 11) is 0. The van der Waals surface area contributed by atoms with Crippen LogP contribution in [0.15, 0.2) is 24.3 Å². The third kappa shape index (κ3) is 4.45. The molecule has 0 spiro atoms. The third-order valence-corrected chi connectivity index (χ3v) is 4.70. The van der Waals surface area contributed by atoms with Crippen LogP contribution < -0.4 is 0 Å². The molecule has 0 aliphatic carbocycles. The largest absolute Gasteiger partial charge is 0.370 e. The summed E-state index contributed by atoms with van der Waals surface area (Å²) in [6.45, 7) is 6.17.